The molecular formula is C6H11F2N3O2. The molecule has 0 saturated carbocycles. The van der Waals surface area contributed by atoms with E-state index in [4.69, 9.17) is 0 Å². The molecular weight excluding hydrogens is 184 g/mol. The van der Waals surface area contributed by atoms with E-state index < -0.39 is 31.0 Å². The van der Waals surface area contributed by atoms with E-state index in [1.807, 2.05) is 0 Å². The molecule has 3 amide bonds. The Bertz CT molecular complexity index is 198. The zero-order valence-electron chi connectivity index (χ0n) is 7.01. The Morgan fingerprint density at radius 3 is 2.38 bits per heavy atom. The van der Waals surface area contributed by atoms with Gasteiger partial charge in [-0.25, -0.2) is 13.6 Å². The summed E-state index contributed by atoms with van der Waals surface area (Å²) in [4.78, 5) is 21.0. The van der Waals surface area contributed by atoms with Gasteiger partial charge in [-0.2, -0.15) is 0 Å². The maximum atomic E-state index is 11.6. The number of carbonyl (C=O) groups excluding carboxylic acids is 2. The van der Waals surface area contributed by atoms with Gasteiger partial charge in [0.05, 0.1) is 12.6 Å². The molecule has 0 aliphatic heterocycles. The Morgan fingerprint density at radius 2 is 2.00 bits per heavy atom. The van der Waals surface area contributed by atoms with Gasteiger partial charge in [-0.05, 0) is 6.92 Å². The van der Waals surface area contributed by atoms with Crippen LogP contribution in [0.5, 0.6) is 0 Å². The second kappa shape index (κ2) is 5.41. The van der Waals surface area contributed by atoms with E-state index in [9.17, 15) is 18.4 Å². The summed E-state index contributed by atoms with van der Waals surface area (Å²) in [6.07, 6.45) is -2.54. The van der Waals surface area contributed by atoms with E-state index in [1.54, 1.807) is 5.32 Å². The molecule has 1 atom stereocenters. The molecule has 1 unspecified atom stereocenters. The molecule has 0 aliphatic carbocycles. The predicted molar refractivity (Wildman–Crippen MR) is 41.2 cm³/mol. The molecule has 0 aliphatic rings. The molecule has 0 rings (SSSR count). The first-order valence-corrected chi connectivity index (χ1v) is 3.55. The highest BCUT2D eigenvalue weighted by Gasteiger charge is 2.15. The third kappa shape index (κ3) is 5.97. The van der Waals surface area contributed by atoms with E-state index in [-0.39, 0.29) is 0 Å². The number of urea groups is 1. The van der Waals surface area contributed by atoms with E-state index in [2.05, 4.69) is 11.1 Å². The SMILES string of the molecule is CC(NCC(F)F)C(=O)NC(N)=O. The van der Waals surface area contributed by atoms with Crippen LogP contribution in [0, 0.1) is 0 Å². The standard InChI is InChI=1S/C6H11F2N3O2/c1-3(10-2-4(7)8)5(12)11-6(9)13/h3-4,10H,2H2,1H3,(H3,9,11,12,13). The molecule has 0 aromatic carbocycles. The van der Waals surface area contributed by atoms with Crippen LogP contribution in [0.4, 0.5) is 13.6 Å². The lowest BCUT2D eigenvalue weighted by molar-refractivity contribution is -0.121. The van der Waals surface area contributed by atoms with E-state index in [0.717, 1.165) is 0 Å². The van der Waals surface area contributed by atoms with Crippen molar-refractivity contribution in [2.75, 3.05) is 6.54 Å². The van der Waals surface area contributed by atoms with Gasteiger partial charge in [-0.3, -0.25) is 10.1 Å². The zero-order valence-corrected chi connectivity index (χ0v) is 7.01. The third-order valence-corrected chi connectivity index (χ3v) is 1.22. The fraction of sp³-hybridized carbons (Fsp3) is 0.667. The van der Waals surface area contributed by atoms with Crippen molar-refractivity contribution in [3.63, 3.8) is 0 Å². The van der Waals surface area contributed by atoms with Crippen molar-refractivity contribution in [1.29, 1.82) is 0 Å². The van der Waals surface area contributed by atoms with Gasteiger partial charge >= 0.3 is 6.03 Å². The third-order valence-electron chi connectivity index (χ3n) is 1.22. The lowest BCUT2D eigenvalue weighted by atomic mass is 10.3. The molecule has 0 fully saturated rings. The number of nitrogens with one attached hydrogen (secondary N) is 2. The molecule has 76 valence electrons. The highest BCUT2D eigenvalue weighted by Crippen LogP contribution is 1.90. The Hall–Kier alpha value is -1.24. The van der Waals surface area contributed by atoms with Crippen LogP contribution < -0.4 is 16.4 Å². The fourth-order valence-electron chi connectivity index (χ4n) is 0.588. The average Bonchev–Trinajstić information content (AvgIpc) is 1.98. The summed E-state index contributed by atoms with van der Waals surface area (Å²) in [5.41, 5.74) is 4.64. The van der Waals surface area contributed by atoms with E-state index >= 15 is 0 Å². The smallest absolute Gasteiger partial charge is 0.318 e. The number of imide groups is 1. The fourth-order valence-corrected chi connectivity index (χ4v) is 0.588. The first kappa shape index (κ1) is 11.8. The summed E-state index contributed by atoms with van der Waals surface area (Å²) in [5.74, 6) is -0.729. The van der Waals surface area contributed by atoms with Crippen molar-refractivity contribution >= 4 is 11.9 Å². The number of carbonyl (C=O) groups is 2. The van der Waals surface area contributed by atoms with Crippen molar-refractivity contribution in [3.8, 4) is 0 Å². The van der Waals surface area contributed by atoms with E-state index in [0.29, 0.717) is 0 Å². The maximum Gasteiger partial charge on any atom is 0.318 e. The average molecular weight is 195 g/mol. The topological polar surface area (TPSA) is 84.2 Å². The lowest BCUT2D eigenvalue weighted by Gasteiger charge is -2.11. The number of alkyl halides is 2. The quantitative estimate of drug-likeness (QED) is 0.561. The number of amides is 3. The number of primary amides is 1. The Morgan fingerprint density at radius 1 is 1.46 bits per heavy atom. The number of nitrogens with two attached hydrogens (primary N) is 1. The minimum Gasteiger partial charge on any atom is -0.351 e. The summed E-state index contributed by atoms with van der Waals surface area (Å²) >= 11 is 0. The highest BCUT2D eigenvalue weighted by molar-refractivity contribution is 5.96. The Balaban J connectivity index is 3.76. The van der Waals surface area contributed by atoms with Crippen molar-refractivity contribution < 1.29 is 18.4 Å². The number of halogens is 2. The van der Waals surface area contributed by atoms with Gasteiger partial charge in [0.25, 0.3) is 6.43 Å². The second-order valence-corrected chi connectivity index (χ2v) is 2.37. The summed E-state index contributed by atoms with van der Waals surface area (Å²) in [5, 5.41) is 3.98. The minimum absolute atomic E-state index is 0.604. The molecule has 0 aromatic rings. The van der Waals surface area contributed by atoms with Gasteiger partial charge in [0, 0.05) is 0 Å². The molecule has 0 bridgehead atoms. The van der Waals surface area contributed by atoms with Gasteiger partial charge in [0.1, 0.15) is 0 Å². The zero-order chi connectivity index (χ0) is 10.4. The first-order chi connectivity index (χ1) is 5.93. The Labute approximate surface area is 73.7 Å². The molecule has 0 spiro atoms. The first-order valence-electron chi connectivity index (χ1n) is 3.55. The lowest BCUT2D eigenvalue weighted by Crippen LogP contribution is -2.47. The van der Waals surface area contributed by atoms with Gasteiger partial charge < -0.3 is 11.1 Å². The minimum atomic E-state index is -2.54. The number of hydrogen-bond acceptors (Lipinski definition) is 3. The van der Waals surface area contributed by atoms with Crippen LogP contribution in [0.25, 0.3) is 0 Å². The van der Waals surface area contributed by atoms with Crippen molar-refractivity contribution in [2.45, 2.75) is 19.4 Å². The predicted octanol–water partition coefficient (Wildman–Crippen LogP) is -0.576. The van der Waals surface area contributed by atoms with Gasteiger partial charge in [0.15, 0.2) is 0 Å². The van der Waals surface area contributed by atoms with Crippen LogP contribution in [0.2, 0.25) is 0 Å². The summed E-state index contributed by atoms with van der Waals surface area (Å²) in [7, 11) is 0. The van der Waals surface area contributed by atoms with Crippen LogP contribution in [-0.4, -0.2) is 31.0 Å². The molecule has 13 heavy (non-hydrogen) atoms. The van der Waals surface area contributed by atoms with Crippen LogP contribution in [-0.2, 0) is 4.79 Å². The monoisotopic (exact) mass is 195 g/mol. The molecule has 0 heterocycles. The Kier molecular flexibility index (Phi) is 4.90. The van der Waals surface area contributed by atoms with Crippen LogP contribution in [0.3, 0.4) is 0 Å². The molecule has 4 N–H and O–H groups in total. The highest BCUT2D eigenvalue weighted by atomic mass is 19.3. The largest absolute Gasteiger partial charge is 0.351 e. The van der Waals surface area contributed by atoms with E-state index in [1.165, 1.54) is 6.92 Å². The van der Waals surface area contributed by atoms with Crippen molar-refractivity contribution in [1.82, 2.24) is 10.6 Å². The summed E-state index contributed by atoms with van der Waals surface area (Å²) in [6, 6.07) is -1.88. The molecule has 0 aromatic heterocycles. The van der Waals surface area contributed by atoms with Crippen LogP contribution in [0.15, 0.2) is 0 Å². The molecule has 0 saturated heterocycles. The van der Waals surface area contributed by atoms with Gasteiger partial charge in [-0.15, -0.1) is 0 Å². The normalized spacial score (nSPS) is 12.6. The molecule has 7 heteroatoms. The van der Waals surface area contributed by atoms with Gasteiger partial charge in [-0.1, -0.05) is 0 Å². The van der Waals surface area contributed by atoms with Crippen LogP contribution in [0.1, 0.15) is 6.92 Å². The number of rotatable bonds is 4. The number of hydrogen-bond donors (Lipinski definition) is 3. The summed E-state index contributed by atoms with van der Waals surface area (Å²) in [6.45, 7) is 0.744. The van der Waals surface area contributed by atoms with Crippen LogP contribution >= 0.6 is 0 Å². The summed E-state index contributed by atoms with van der Waals surface area (Å²) < 4.78 is 23.3. The van der Waals surface area contributed by atoms with Crippen molar-refractivity contribution in [2.24, 2.45) is 5.73 Å². The second-order valence-electron chi connectivity index (χ2n) is 2.37. The molecule has 5 nitrogen and oxygen atoms in total. The molecule has 0 radical (unpaired) electrons. The van der Waals surface area contributed by atoms with Crippen molar-refractivity contribution in [3.05, 3.63) is 0 Å². The van der Waals surface area contributed by atoms with Gasteiger partial charge in [0.2, 0.25) is 5.91 Å². The maximum absolute atomic E-state index is 11.6.